The van der Waals surface area contributed by atoms with Crippen molar-refractivity contribution in [1.29, 1.82) is 0 Å². The second-order valence-electron chi connectivity index (χ2n) is 5.24. The molecule has 0 aromatic rings. The van der Waals surface area contributed by atoms with Gasteiger partial charge in [0.2, 0.25) is 0 Å². The van der Waals surface area contributed by atoms with Crippen LogP contribution in [0.5, 0.6) is 0 Å². The van der Waals surface area contributed by atoms with Crippen LogP contribution in [0.3, 0.4) is 0 Å². The summed E-state index contributed by atoms with van der Waals surface area (Å²) in [7, 11) is 0. The van der Waals surface area contributed by atoms with E-state index in [-0.39, 0.29) is 18.6 Å². The predicted molar refractivity (Wildman–Crippen MR) is 64.6 cm³/mol. The van der Waals surface area contributed by atoms with Gasteiger partial charge in [0.1, 0.15) is 6.54 Å². The number of ether oxygens (including phenoxy) is 1. The Morgan fingerprint density at radius 2 is 2.12 bits per heavy atom. The molecule has 0 spiro atoms. The quantitative estimate of drug-likeness (QED) is 0.733. The van der Waals surface area contributed by atoms with E-state index in [0.717, 1.165) is 19.3 Å². The molecule has 0 radical (unpaired) electrons. The van der Waals surface area contributed by atoms with Crippen molar-refractivity contribution in [1.82, 2.24) is 10.6 Å². The highest BCUT2D eigenvalue weighted by Gasteiger charge is 2.31. The maximum absolute atomic E-state index is 11.5. The Labute approximate surface area is 102 Å². The van der Waals surface area contributed by atoms with Crippen LogP contribution in [-0.4, -0.2) is 31.2 Å². The zero-order valence-electron chi connectivity index (χ0n) is 10.8. The molecule has 0 aromatic heterocycles. The fraction of sp³-hybridized carbons (Fsp3) is 0.833. The smallest absolute Gasteiger partial charge is 0.325 e. The van der Waals surface area contributed by atoms with Crippen molar-refractivity contribution in [2.24, 2.45) is 5.41 Å². The van der Waals surface area contributed by atoms with Crippen LogP contribution in [0.15, 0.2) is 0 Å². The molecule has 98 valence electrons. The number of urea groups is 1. The molecule has 1 unspecified atom stereocenters. The summed E-state index contributed by atoms with van der Waals surface area (Å²) in [6, 6.07) is -0.0760. The van der Waals surface area contributed by atoms with Gasteiger partial charge in [0.25, 0.3) is 0 Å². The summed E-state index contributed by atoms with van der Waals surface area (Å²) in [6.07, 6.45) is 3.11. The number of rotatable bonds is 4. The lowest BCUT2D eigenvalue weighted by Crippen LogP contribution is -2.43. The molecule has 1 aliphatic rings. The minimum Gasteiger partial charge on any atom is -0.465 e. The molecule has 0 saturated heterocycles. The van der Waals surface area contributed by atoms with E-state index in [1.165, 1.54) is 0 Å². The second-order valence-corrected chi connectivity index (χ2v) is 5.24. The molecule has 17 heavy (non-hydrogen) atoms. The number of amides is 2. The van der Waals surface area contributed by atoms with Crippen molar-refractivity contribution in [2.45, 2.75) is 46.1 Å². The van der Waals surface area contributed by atoms with E-state index in [9.17, 15) is 9.59 Å². The predicted octanol–water partition coefficient (Wildman–Crippen LogP) is 1.43. The Morgan fingerprint density at radius 1 is 1.41 bits per heavy atom. The van der Waals surface area contributed by atoms with Crippen molar-refractivity contribution >= 4 is 12.0 Å². The first-order valence-corrected chi connectivity index (χ1v) is 6.13. The third kappa shape index (κ3) is 5.06. The van der Waals surface area contributed by atoms with E-state index < -0.39 is 5.97 Å². The van der Waals surface area contributed by atoms with Crippen LogP contribution in [0.25, 0.3) is 0 Å². The van der Waals surface area contributed by atoms with Crippen LogP contribution in [0, 0.1) is 5.41 Å². The molecule has 5 heteroatoms. The standard InChI is InChI=1S/C12H22N2O3/c1-4-17-10(15)8-13-11(16)14-9-5-6-12(2,3)7-9/h9H,4-8H2,1-3H3,(H2,13,14,16). The van der Waals surface area contributed by atoms with Crippen LogP contribution < -0.4 is 10.6 Å². The maximum atomic E-state index is 11.5. The van der Waals surface area contributed by atoms with Gasteiger partial charge in [0, 0.05) is 6.04 Å². The molecule has 0 bridgehead atoms. The number of hydrogen-bond donors (Lipinski definition) is 2. The number of nitrogens with one attached hydrogen (secondary N) is 2. The second kappa shape index (κ2) is 5.89. The van der Waals surface area contributed by atoms with Crippen molar-refractivity contribution < 1.29 is 14.3 Å². The minimum absolute atomic E-state index is 0.0736. The minimum atomic E-state index is -0.408. The Hall–Kier alpha value is -1.26. The summed E-state index contributed by atoms with van der Waals surface area (Å²) in [6.45, 7) is 6.39. The van der Waals surface area contributed by atoms with Gasteiger partial charge in [-0.25, -0.2) is 4.79 Å². The first kappa shape index (κ1) is 13.8. The van der Waals surface area contributed by atoms with Crippen molar-refractivity contribution in [2.75, 3.05) is 13.2 Å². The van der Waals surface area contributed by atoms with Gasteiger partial charge in [0.15, 0.2) is 0 Å². The Kier molecular flexibility index (Phi) is 4.78. The van der Waals surface area contributed by atoms with Gasteiger partial charge in [0.05, 0.1) is 6.61 Å². The van der Waals surface area contributed by atoms with Crippen LogP contribution >= 0.6 is 0 Å². The molecule has 1 saturated carbocycles. The SMILES string of the molecule is CCOC(=O)CNC(=O)NC1CCC(C)(C)C1. The summed E-state index contributed by atoms with van der Waals surface area (Å²) in [5.41, 5.74) is 0.305. The lowest BCUT2D eigenvalue weighted by Gasteiger charge is -2.17. The largest absolute Gasteiger partial charge is 0.465 e. The zero-order chi connectivity index (χ0) is 12.9. The molecule has 0 aromatic carbocycles. The Bertz CT molecular complexity index is 289. The highest BCUT2D eigenvalue weighted by atomic mass is 16.5. The molecular weight excluding hydrogens is 220 g/mol. The first-order chi connectivity index (χ1) is 7.93. The fourth-order valence-electron chi connectivity index (χ4n) is 2.16. The summed E-state index contributed by atoms with van der Waals surface area (Å²) in [5, 5.41) is 5.37. The molecule has 5 nitrogen and oxygen atoms in total. The Morgan fingerprint density at radius 3 is 2.65 bits per heavy atom. The van der Waals surface area contributed by atoms with Crippen LogP contribution in [0.4, 0.5) is 4.79 Å². The topological polar surface area (TPSA) is 67.4 Å². The van der Waals surface area contributed by atoms with E-state index in [1.807, 2.05) is 0 Å². The van der Waals surface area contributed by atoms with Gasteiger partial charge in [-0.2, -0.15) is 0 Å². The lowest BCUT2D eigenvalue weighted by molar-refractivity contribution is -0.141. The molecule has 2 N–H and O–H groups in total. The number of carbonyl (C=O) groups is 2. The van der Waals surface area contributed by atoms with Gasteiger partial charge in [-0.1, -0.05) is 13.8 Å². The first-order valence-electron chi connectivity index (χ1n) is 6.13. The lowest BCUT2D eigenvalue weighted by atomic mass is 9.92. The third-order valence-electron chi connectivity index (χ3n) is 3.00. The van der Waals surface area contributed by atoms with Crippen molar-refractivity contribution in [3.63, 3.8) is 0 Å². The number of hydrogen-bond acceptors (Lipinski definition) is 3. The summed E-state index contributed by atoms with van der Waals surface area (Å²) < 4.78 is 4.71. The molecule has 0 heterocycles. The average Bonchev–Trinajstić information content (AvgIpc) is 2.55. The number of esters is 1. The van der Waals surface area contributed by atoms with Gasteiger partial charge >= 0.3 is 12.0 Å². The molecule has 1 aliphatic carbocycles. The molecule has 0 aliphatic heterocycles. The van der Waals surface area contributed by atoms with Gasteiger partial charge in [-0.15, -0.1) is 0 Å². The van der Waals surface area contributed by atoms with Crippen LogP contribution in [0.2, 0.25) is 0 Å². The summed E-state index contributed by atoms with van der Waals surface area (Å²) in [5.74, 6) is -0.408. The van der Waals surface area contributed by atoms with E-state index in [1.54, 1.807) is 6.92 Å². The molecule has 2 amide bonds. The normalized spacial score (nSPS) is 21.9. The maximum Gasteiger partial charge on any atom is 0.325 e. The highest BCUT2D eigenvalue weighted by Crippen LogP contribution is 2.36. The monoisotopic (exact) mass is 242 g/mol. The molecule has 1 rings (SSSR count). The fourth-order valence-corrected chi connectivity index (χ4v) is 2.16. The zero-order valence-corrected chi connectivity index (χ0v) is 10.8. The Balaban J connectivity index is 2.20. The van der Waals surface area contributed by atoms with Crippen molar-refractivity contribution in [3.8, 4) is 0 Å². The average molecular weight is 242 g/mol. The number of carbonyl (C=O) groups excluding carboxylic acids is 2. The van der Waals surface area contributed by atoms with Gasteiger partial charge in [-0.3, -0.25) is 4.79 Å². The highest BCUT2D eigenvalue weighted by molar-refractivity contribution is 5.80. The third-order valence-corrected chi connectivity index (χ3v) is 3.00. The van der Waals surface area contributed by atoms with E-state index in [2.05, 4.69) is 24.5 Å². The van der Waals surface area contributed by atoms with Crippen LogP contribution in [-0.2, 0) is 9.53 Å². The summed E-state index contributed by atoms with van der Waals surface area (Å²) in [4.78, 5) is 22.5. The van der Waals surface area contributed by atoms with E-state index in [0.29, 0.717) is 12.0 Å². The van der Waals surface area contributed by atoms with Gasteiger partial charge < -0.3 is 15.4 Å². The van der Waals surface area contributed by atoms with Crippen molar-refractivity contribution in [3.05, 3.63) is 0 Å². The van der Waals surface area contributed by atoms with E-state index in [4.69, 9.17) is 4.74 Å². The van der Waals surface area contributed by atoms with Gasteiger partial charge in [-0.05, 0) is 31.6 Å². The molecule has 1 atom stereocenters. The van der Waals surface area contributed by atoms with Crippen LogP contribution in [0.1, 0.15) is 40.0 Å². The summed E-state index contributed by atoms with van der Waals surface area (Å²) >= 11 is 0. The van der Waals surface area contributed by atoms with E-state index >= 15 is 0 Å². The molecular formula is C12H22N2O3. The molecule has 1 fully saturated rings.